The van der Waals surface area contributed by atoms with E-state index in [1.54, 1.807) is 0 Å². The third kappa shape index (κ3) is 2.13. The molecule has 1 aromatic carbocycles. The molecule has 1 aliphatic heterocycles. The summed E-state index contributed by atoms with van der Waals surface area (Å²) in [7, 11) is -3.11. The van der Waals surface area contributed by atoms with Crippen molar-refractivity contribution in [3.8, 4) is 0 Å². The van der Waals surface area contributed by atoms with Gasteiger partial charge in [-0.05, 0) is 30.9 Å². The van der Waals surface area contributed by atoms with E-state index in [9.17, 15) is 13.5 Å². The van der Waals surface area contributed by atoms with Gasteiger partial charge >= 0.3 is 0 Å². The fraction of sp³-hybridized carbons (Fsp3) is 0.500. The average Bonchev–Trinajstić information content (AvgIpc) is 2.16. The molecule has 16 heavy (non-hydrogen) atoms. The second kappa shape index (κ2) is 3.86. The van der Waals surface area contributed by atoms with Gasteiger partial charge in [-0.2, -0.15) is 0 Å². The van der Waals surface area contributed by atoms with Gasteiger partial charge in [-0.15, -0.1) is 0 Å². The summed E-state index contributed by atoms with van der Waals surface area (Å²) >= 11 is 0. The number of sulfone groups is 1. The Hall–Kier alpha value is -0.870. The lowest BCUT2D eigenvalue weighted by atomic mass is 9.88. The first-order valence-corrected chi connectivity index (χ1v) is 7.24. The summed E-state index contributed by atoms with van der Waals surface area (Å²) in [5.41, 5.74) is 0.503. The standard InChI is InChI=1S/C12H16O3S/c1-10-5-2-3-6-11(10)12(13)7-4-8-16(14,15)9-12/h2-3,5-6,13H,4,7-9H2,1H3. The van der Waals surface area contributed by atoms with Crippen molar-refractivity contribution < 1.29 is 13.5 Å². The van der Waals surface area contributed by atoms with Crippen molar-refractivity contribution in [2.24, 2.45) is 0 Å². The Bertz CT molecular complexity index is 493. The molecule has 0 radical (unpaired) electrons. The van der Waals surface area contributed by atoms with Crippen LogP contribution < -0.4 is 0 Å². The molecule has 1 N–H and O–H groups in total. The number of aryl methyl sites for hydroxylation is 1. The molecule has 0 aliphatic carbocycles. The maximum atomic E-state index is 11.6. The molecule has 2 rings (SSSR count). The van der Waals surface area contributed by atoms with Crippen molar-refractivity contribution in [3.63, 3.8) is 0 Å². The van der Waals surface area contributed by atoms with Crippen LogP contribution in [0.1, 0.15) is 24.0 Å². The Balaban J connectivity index is 2.43. The van der Waals surface area contributed by atoms with E-state index >= 15 is 0 Å². The minimum absolute atomic E-state index is 0.148. The molecule has 88 valence electrons. The van der Waals surface area contributed by atoms with E-state index in [4.69, 9.17) is 0 Å². The number of hydrogen-bond donors (Lipinski definition) is 1. The van der Waals surface area contributed by atoms with Crippen molar-refractivity contribution >= 4 is 9.84 Å². The van der Waals surface area contributed by atoms with Gasteiger partial charge in [-0.1, -0.05) is 24.3 Å². The van der Waals surface area contributed by atoms with Crippen molar-refractivity contribution in [2.75, 3.05) is 11.5 Å². The summed E-state index contributed by atoms with van der Waals surface area (Å²) in [5, 5.41) is 10.5. The van der Waals surface area contributed by atoms with Gasteiger partial charge in [0.1, 0.15) is 5.60 Å². The molecule has 1 saturated heterocycles. The molecule has 3 nitrogen and oxygen atoms in total. The average molecular weight is 240 g/mol. The van der Waals surface area contributed by atoms with Gasteiger partial charge in [0.05, 0.1) is 11.5 Å². The van der Waals surface area contributed by atoms with Crippen LogP contribution in [0.3, 0.4) is 0 Å². The van der Waals surface area contributed by atoms with Crippen LogP contribution in [0.15, 0.2) is 24.3 Å². The molecule has 0 bridgehead atoms. The Morgan fingerprint density at radius 3 is 2.62 bits per heavy atom. The zero-order valence-electron chi connectivity index (χ0n) is 9.31. The van der Waals surface area contributed by atoms with Crippen LogP contribution in [-0.2, 0) is 15.4 Å². The highest BCUT2D eigenvalue weighted by molar-refractivity contribution is 7.91. The van der Waals surface area contributed by atoms with Crippen molar-refractivity contribution in [3.05, 3.63) is 35.4 Å². The normalized spacial score (nSPS) is 28.9. The second-order valence-corrected chi connectivity index (χ2v) is 6.73. The van der Waals surface area contributed by atoms with E-state index in [-0.39, 0.29) is 11.5 Å². The highest BCUT2D eigenvalue weighted by Crippen LogP contribution is 2.34. The topological polar surface area (TPSA) is 54.4 Å². The zero-order chi connectivity index (χ0) is 11.8. The van der Waals surface area contributed by atoms with Gasteiger partial charge in [0.2, 0.25) is 0 Å². The van der Waals surface area contributed by atoms with Crippen LogP contribution in [0, 0.1) is 6.92 Å². The smallest absolute Gasteiger partial charge is 0.153 e. The van der Waals surface area contributed by atoms with Crippen LogP contribution in [-0.4, -0.2) is 25.0 Å². The first-order valence-electron chi connectivity index (χ1n) is 5.42. The number of benzene rings is 1. The molecule has 0 amide bonds. The van der Waals surface area contributed by atoms with Crippen LogP contribution in [0.5, 0.6) is 0 Å². The van der Waals surface area contributed by atoms with Crippen molar-refractivity contribution in [1.82, 2.24) is 0 Å². The number of rotatable bonds is 1. The molecule has 0 saturated carbocycles. The molecular formula is C12H16O3S. The Kier molecular flexibility index (Phi) is 2.80. The summed E-state index contributed by atoms with van der Waals surface area (Å²) in [4.78, 5) is 0. The highest BCUT2D eigenvalue weighted by Gasteiger charge is 2.39. The van der Waals surface area contributed by atoms with E-state index in [1.165, 1.54) is 0 Å². The SMILES string of the molecule is Cc1ccccc1C1(O)CCCS(=O)(=O)C1. The summed E-state index contributed by atoms with van der Waals surface area (Å²) in [6.07, 6.45) is 1.06. The lowest BCUT2D eigenvalue weighted by Crippen LogP contribution is -2.40. The lowest BCUT2D eigenvalue weighted by Gasteiger charge is -2.33. The van der Waals surface area contributed by atoms with Gasteiger partial charge in [-0.3, -0.25) is 0 Å². The van der Waals surface area contributed by atoms with E-state index in [0.29, 0.717) is 12.8 Å². The van der Waals surface area contributed by atoms with E-state index in [1.807, 2.05) is 31.2 Å². The fourth-order valence-electron chi connectivity index (χ4n) is 2.40. The van der Waals surface area contributed by atoms with Crippen LogP contribution in [0.2, 0.25) is 0 Å². The van der Waals surface area contributed by atoms with E-state index < -0.39 is 15.4 Å². The fourth-order valence-corrected chi connectivity index (χ4v) is 4.16. The molecule has 1 fully saturated rings. The monoisotopic (exact) mass is 240 g/mol. The summed E-state index contributed by atoms with van der Waals surface area (Å²) in [6.45, 7) is 1.90. The Labute approximate surface area is 96.0 Å². The van der Waals surface area contributed by atoms with Gasteiger partial charge in [0, 0.05) is 0 Å². The zero-order valence-corrected chi connectivity index (χ0v) is 10.1. The molecule has 0 spiro atoms. The summed E-state index contributed by atoms with van der Waals surface area (Å²) in [6, 6.07) is 7.44. The Morgan fingerprint density at radius 2 is 2.00 bits per heavy atom. The quantitative estimate of drug-likeness (QED) is 0.807. The highest BCUT2D eigenvalue weighted by atomic mass is 32.2. The van der Waals surface area contributed by atoms with Crippen LogP contribution >= 0.6 is 0 Å². The number of aliphatic hydroxyl groups is 1. The van der Waals surface area contributed by atoms with E-state index in [0.717, 1.165) is 11.1 Å². The molecule has 1 unspecified atom stereocenters. The third-order valence-electron chi connectivity index (χ3n) is 3.15. The van der Waals surface area contributed by atoms with Gasteiger partial charge in [0.15, 0.2) is 9.84 Å². The predicted octanol–water partition coefficient (Wildman–Crippen LogP) is 1.39. The van der Waals surface area contributed by atoms with Crippen molar-refractivity contribution in [2.45, 2.75) is 25.4 Å². The van der Waals surface area contributed by atoms with E-state index in [2.05, 4.69) is 0 Å². The largest absolute Gasteiger partial charge is 0.384 e. The lowest BCUT2D eigenvalue weighted by molar-refractivity contribution is 0.0461. The third-order valence-corrected chi connectivity index (χ3v) is 4.98. The second-order valence-electron chi connectivity index (χ2n) is 4.54. The Morgan fingerprint density at radius 1 is 1.31 bits per heavy atom. The molecule has 4 heteroatoms. The van der Waals surface area contributed by atoms with Crippen LogP contribution in [0.4, 0.5) is 0 Å². The molecule has 1 heterocycles. The molecular weight excluding hydrogens is 224 g/mol. The van der Waals surface area contributed by atoms with Crippen LogP contribution in [0.25, 0.3) is 0 Å². The maximum Gasteiger partial charge on any atom is 0.153 e. The minimum Gasteiger partial charge on any atom is -0.384 e. The van der Waals surface area contributed by atoms with Gasteiger partial charge in [0.25, 0.3) is 0 Å². The minimum atomic E-state index is -3.11. The first kappa shape index (κ1) is 11.6. The summed E-state index contributed by atoms with van der Waals surface area (Å²) < 4.78 is 23.2. The van der Waals surface area contributed by atoms with Crippen molar-refractivity contribution in [1.29, 1.82) is 0 Å². The maximum absolute atomic E-state index is 11.6. The van der Waals surface area contributed by atoms with Gasteiger partial charge in [-0.25, -0.2) is 8.42 Å². The molecule has 1 aliphatic rings. The number of hydrogen-bond acceptors (Lipinski definition) is 3. The molecule has 0 aromatic heterocycles. The van der Waals surface area contributed by atoms with Gasteiger partial charge < -0.3 is 5.11 Å². The predicted molar refractivity (Wildman–Crippen MR) is 63.0 cm³/mol. The first-order chi connectivity index (χ1) is 7.43. The molecule has 1 atom stereocenters. The molecule has 1 aromatic rings. The summed E-state index contributed by atoms with van der Waals surface area (Å²) in [5.74, 6) is 0.0477.